The van der Waals surface area contributed by atoms with Gasteiger partial charge in [0, 0.05) is 24.7 Å². The molecule has 1 aliphatic rings. The Hall–Kier alpha value is -3.52. The second-order valence-corrected chi connectivity index (χ2v) is 10.1. The molecular formula is C27H27FN4O2S. The lowest BCUT2D eigenvalue weighted by Gasteiger charge is -2.33. The predicted molar refractivity (Wildman–Crippen MR) is 139 cm³/mol. The van der Waals surface area contributed by atoms with Gasteiger partial charge in [-0.15, -0.1) is 11.3 Å². The molecule has 3 heterocycles. The third-order valence-electron chi connectivity index (χ3n) is 6.44. The van der Waals surface area contributed by atoms with Crippen LogP contribution in [0.25, 0.3) is 10.2 Å². The second kappa shape index (κ2) is 9.62. The minimum Gasteiger partial charge on any atom is -0.342 e. The van der Waals surface area contributed by atoms with Gasteiger partial charge in [-0.2, -0.15) is 0 Å². The van der Waals surface area contributed by atoms with Gasteiger partial charge < -0.3 is 10.2 Å². The normalized spacial score (nSPS) is 14.4. The molecule has 6 nitrogen and oxygen atoms in total. The van der Waals surface area contributed by atoms with E-state index < -0.39 is 0 Å². The molecule has 0 radical (unpaired) electrons. The van der Waals surface area contributed by atoms with Crippen molar-refractivity contribution in [3.8, 4) is 0 Å². The maximum absolute atomic E-state index is 13.4. The largest absolute Gasteiger partial charge is 0.342 e. The molecule has 35 heavy (non-hydrogen) atoms. The number of nitrogens with one attached hydrogen (secondary N) is 1. The minimum absolute atomic E-state index is 0.0274. The third kappa shape index (κ3) is 4.98. The zero-order valence-electron chi connectivity index (χ0n) is 19.8. The molecule has 0 unspecified atom stereocenters. The highest BCUT2D eigenvalue weighted by Crippen LogP contribution is 2.26. The standard InChI is InChI=1S/C27H27FN4O2S/c1-17-13-18(2)15-22(14-17)29-25(33)20-7-10-31(11-8-20)27-30-23-9-12-35-24(23)26(34)32(27)16-19-3-5-21(28)6-4-19/h3-6,9,12-15,20H,7-8,10-11,16H2,1-2H3,(H,29,33). The van der Waals surface area contributed by atoms with Crippen LogP contribution in [0.5, 0.6) is 0 Å². The fraction of sp³-hybridized carbons (Fsp3) is 0.296. The summed E-state index contributed by atoms with van der Waals surface area (Å²) in [6.45, 7) is 5.59. The Morgan fingerprint density at radius 2 is 1.77 bits per heavy atom. The highest BCUT2D eigenvalue weighted by Gasteiger charge is 2.28. The first-order chi connectivity index (χ1) is 16.9. The zero-order valence-corrected chi connectivity index (χ0v) is 20.6. The number of benzene rings is 2. The summed E-state index contributed by atoms with van der Waals surface area (Å²) < 4.78 is 15.7. The molecule has 180 valence electrons. The van der Waals surface area contributed by atoms with Crippen molar-refractivity contribution in [1.29, 1.82) is 0 Å². The predicted octanol–water partition coefficient (Wildman–Crippen LogP) is 5.12. The van der Waals surface area contributed by atoms with Crippen LogP contribution < -0.4 is 15.8 Å². The lowest BCUT2D eigenvalue weighted by atomic mass is 9.96. The van der Waals surface area contributed by atoms with Gasteiger partial charge in [0.25, 0.3) is 5.56 Å². The van der Waals surface area contributed by atoms with Gasteiger partial charge in [0.1, 0.15) is 10.5 Å². The Morgan fingerprint density at radius 1 is 1.09 bits per heavy atom. The van der Waals surface area contributed by atoms with Crippen LogP contribution in [-0.2, 0) is 11.3 Å². The smallest absolute Gasteiger partial charge is 0.273 e. The first-order valence-corrected chi connectivity index (χ1v) is 12.6. The third-order valence-corrected chi connectivity index (χ3v) is 7.33. The molecule has 0 saturated carbocycles. The molecule has 2 aromatic heterocycles. The molecular weight excluding hydrogens is 463 g/mol. The monoisotopic (exact) mass is 490 g/mol. The molecule has 8 heteroatoms. The summed E-state index contributed by atoms with van der Waals surface area (Å²) in [5.74, 6) is 0.210. The highest BCUT2D eigenvalue weighted by atomic mass is 32.1. The molecule has 0 bridgehead atoms. The van der Waals surface area contributed by atoms with Gasteiger partial charge >= 0.3 is 0 Å². The quantitative estimate of drug-likeness (QED) is 0.422. The highest BCUT2D eigenvalue weighted by molar-refractivity contribution is 7.17. The van der Waals surface area contributed by atoms with Gasteiger partial charge in [0.05, 0.1) is 12.1 Å². The van der Waals surface area contributed by atoms with Gasteiger partial charge in [0.15, 0.2) is 0 Å². The number of fused-ring (bicyclic) bond motifs is 1. The number of aromatic nitrogens is 2. The van der Waals surface area contributed by atoms with Crippen LogP contribution in [0.2, 0.25) is 0 Å². The first-order valence-electron chi connectivity index (χ1n) is 11.7. The summed E-state index contributed by atoms with van der Waals surface area (Å²) >= 11 is 1.38. The number of piperidine rings is 1. The van der Waals surface area contributed by atoms with Gasteiger partial charge in [-0.25, -0.2) is 9.37 Å². The van der Waals surface area contributed by atoms with Crippen LogP contribution in [0.1, 0.15) is 29.5 Å². The maximum Gasteiger partial charge on any atom is 0.273 e. The molecule has 1 aliphatic heterocycles. The van der Waals surface area contributed by atoms with E-state index >= 15 is 0 Å². The Kier molecular flexibility index (Phi) is 6.38. The van der Waals surface area contributed by atoms with Crippen molar-refractivity contribution in [1.82, 2.24) is 9.55 Å². The minimum atomic E-state index is -0.311. The molecule has 1 amide bonds. The number of hydrogen-bond donors (Lipinski definition) is 1. The summed E-state index contributed by atoms with van der Waals surface area (Å²) in [7, 11) is 0. The SMILES string of the molecule is Cc1cc(C)cc(NC(=O)C2CCN(c3nc4ccsc4c(=O)n3Cc3ccc(F)cc3)CC2)c1. The van der Waals surface area contributed by atoms with Crippen molar-refractivity contribution in [2.24, 2.45) is 5.92 Å². The van der Waals surface area contributed by atoms with Gasteiger partial charge in [-0.05, 0) is 79.1 Å². The van der Waals surface area contributed by atoms with Crippen LogP contribution in [0.15, 0.2) is 58.7 Å². The number of aryl methyl sites for hydroxylation is 2. The van der Waals surface area contributed by atoms with Gasteiger partial charge in [0.2, 0.25) is 11.9 Å². The van der Waals surface area contributed by atoms with E-state index in [1.807, 2.05) is 37.4 Å². The molecule has 1 fully saturated rings. The molecule has 1 N–H and O–H groups in total. The van der Waals surface area contributed by atoms with Crippen LogP contribution in [0.4, 0.5) is 16.0 Å². The van der Waals surface area contributed by atoms with E-state index in [0.29, 0.717) is 48.6 Å². The van der Waals surface area contributed by atoms with Gasteiger partial charge in [-0.1, -0.05) is 18.2 Å². The van der Waals surface area contributed by atoms with E-state index in [2.05, 4.69) is 16.3 Å². The maximum atomic E-state index is 13.4. The number of anilines is 2. The molecule has 5 rings (SSSR count). The lowest BCUT2D eigenvalue weighted by Crippen LogP contribution is -2.41. The summed E-state index contributed by atoms with van der Waals surface area (Å²) in [4.78, 5) is 33.2. The van der Waals surface area contributed by atoms with Crippen molar-refractivity contribution >= 4 is 39.1 Å². The average molecular weight is 491 g/mol. The summed E-state index contributed by atoms with van der Waals surface area (Å²) in [5, 5.41) is 4.94. The number of rotatable bonds is 5. The zero-order chi connectivity index (χ0) is 24.5. The number of carbonyl (C=O) groups is 1. The average Bonchev–Trinajstić information content (AvgIpc) is 3.30. The number of thiophene rings is 1. The van der Waals surface area contributed by atoms with Crippen LogP contribution in [0, 0.1) is 25.6 Å². The second-order valence-electron chi connectivity index (χ2n) is 9.19. The Labute approximate surface area is 207 Å². The molecule has 1 saturated heterocycles. The van der Waals surface area contributed by atoms with Crippen LogP contribution in [-0.4, -0.2) is 28.5 Å². The van der Waals surface area contributed by atoms with Crippen molar-refractivity contribution in [3.05, 3.63) is 86.8 Å². The van der Waals surface area contributed by atoms with Crippen LogP contribution >= 0.6 is 11.3 Å². The van der Waals surface area contributed by atoms with E-state index in [-0.39, 0.29) is 23.2 Å². The van der Waals surface area contributed by atoms with E-state index in [0.717, 1.165) is 22.4 Å². The van der Waals surface area contributed by atoms with E-state index in [1.54, 1.807) is 16.7 Å². The van der Waals surface area contributed by atoms with E-state index in [9.17, 15) is 14.0 Å². The topological polar surface area (TPSA) is 67.2 Å². The summed E-state index contributed by atoms with van der Waals surface area (Å²) in [6.07, 6.45) is 1.34. The number of carbonyl (C=O) groups excluding carboxylic acids is 1. The molecule has 0 spiro atoms. The fourth-order valence-electron chi connectivity index (χ4n) is 4.72. The molecule has 4 aromatic rings. The lowest BCUT2D eigenvalue weighted by molar-refractivity contribution is -0.120. The molecule has 0 atom stereocenters. The fourth-order valence-corrected chi connectivity index (χ4v) is 5.50. The van der Waals surface area contributed by atoms with Crippen molar-refractivity contribution < 1.29 is 9.18 Å². The Morgan fingerprint density at radius 3 is 2.46 bits per heavy atom. The molecule has 0 aliphatic carbocycles. The Bertz CT molecular complexity index is 1420. The van der Waals surface area contributed by atoms with E-state index in [4.69, 9.17) is 4.98 Å². The number of nitrogens with zero attached hydrogens (tertiary/aromatic N) is 3. The number of amides is 1. The number of hydrogen-bond acceptors (Lipinski definition) is 5. The summed E-state index contributed by atoms with van der Waals surface area (Å²) in [6, 6.07) is 14.1. The summed E-state index contributed by atoms with van der Waals surface area (Å²) in [5.41, 5.74) is 4.47. The van der Waals surface area contributed by atoms with Crippen molar-refractivity contribution in [2.45, 2.75) is 33.2 Å². The molecule has 2 aromatic carbocycles. The van der Waals surface area contributed by atoms with Gasteiger partial charge in [-0.3, -0.25) is 14.2 Å². The van der Waals surface area contributed by atoms with Crippen molar-refractivity contribution in [3.63, 3.8) is 0 Å². The van der Waals surface area contributed by atoms with Crippen LogP contribution in [0.3, 0.4) is 0 Å². The van der Waals surface area contributed by atoms with Crippen molar-refractivity contribution in [2.75, 3.05) is 23.3 Å². The first kappa shape index (κ1) is 23.2. The van der Waals surface area contributed by atoms with E-state index in [1.165, 1.54) is 23.5 Å². The Balaban J connectivity index is 1.36. The number of halogens is 1.